The van der Waals surface area contributed by atoms with Gasteiger partial charge in [-0.15, -0.1) is 24.0 Å². The zero-order valence-electron chi connectivity index (χ0n) is 10.9. The van der Waals surface area contributed by atoms with Gasteiger partial charge in [-0.05, 0) is 13.8 Å². The fourth-order valence-electron chi connectivity index (χ4n) is 0.782. The molecule has 0 unspecified atom stereocenters. The first kappa shape index (κ1) is 21.2. The first-order valence-electron chi connectivity index (χ1n) is 5.15. The molecule has 0 aliphatic heterocycles. The smallest absolute Gasteiger partial charge is 0.136 e. The minimum Gasteiger partial charge on any atom is -0.530 e. The number of likely N-dealkylation sites (N-methyl/N-ethyl adjacent to an activating group) is 1. The number of halogens is 1. The number of hydrogen-bond donors (Lipinski definition) is 1. The molecule has 0 saturated carbocycles. The Hall–Kier alpha value is -0.0800. The summed E-state index contributed by atoms with van der Waals surface area (Å²) in [7, 11) is 6.16. The molecule has 0 aromatic rings. The van der Waals surface area contributed by atoms with Crippen LogP contribution in [0.25, 0.3) is 0 Å². The maximum Gasteiger partial charge on any atom is 0.136 e. The van der Waals surface area contributed by atoms with Gasteiger partial charge in [0.25, 0.3) is 0 Å². The number of quaternary nitrogens is 1. The van der Waals surface area contributed by atoms with E-state index >= 15 is 0 Å². The van der Waals surface area contributed by atoms with Crippen molar-refractivity contribution in [1.29, 1.82) is 0 Å². The molecule has 6 heteroatoms. The molecule has 100 valence electrons. The highest BCUT2D eigenvalue weighted by Crippen LogP contribution is 1.84. The Labute approximate surface area is 116 Å². The lowest BCUT2D eigenvalue weighted by Gasteiger charge is -2.21. The molecule has 0 aliphatic carbocycles. The molecule has 0 bridgehead atoms. The Bertz CT molecular complexity index is 168. The summed E-state index contributed by atoms with van der Waals surface area (Å²) in [4.78, 5) is 11.2. The molecular formula is C10H25IN2O3. The standard InChI is InChI=1S/C5H11NO2.C5H14NO.HI/c1-3-6(4-2)5(7)8;1-6(2,3)4-5-7;/h3-4H2,1-2H3,(H,7,8);7H,4-5H2,1-3H3;1H/q;+1;/p-1. The van der Waals surface area contributed by atoms with Crippen molar-refractivity contribution in [3.63, 3.8) is 0 Å². The van der Waals surface area contributed by atoms with E-state index in [0.717, 1.165) is 11.0 Å². The highest BCUT2D eigenvalue weighted by molar-refractivity contribution is 14.0. The van der Waals surface area contributed by atoms with Crippen molar-refractivity contribution in [2.75, 3.05) is 47.4 Å². The number of hydrogen-bond acceptors (Lipinski definition) is 3. The minimum absolute atomic E-state index is 0. The van der Waals surface area contributed by atoms with Crippen LogP contribution in [-0.2, 0) is 0 Å². The number of carbonyl (C=O) groups is 1. The molecule has 16 heavy (non-hydrogen) atoms. The van der Waals surface area contributed by atoms with Crippen LogP contribution in [0.1, 0.15) is 13.8 Å². The molecule has 0 atom stereocenters. The quantitative estimate of drug-likeness (QED) is 0.574. The first-order valence-corrected chi connectivity index (χ1v) is 5.15. The van der Waals surface area contributed by atoms with Crippen LogP contribution in [-0.4, -0.2) is 68.0 Å². The predicted octanol–water partition coefficient (Wildman–Crippen LogP) is -0.0256. The number of nitrogens with zero attached hydrogens (tertiary/aromatic N) is 2. The first-order chi connectivity index (χ1) is 6.78. The highest BCUT2D eigenvalue weighted by atomic mass is 127. The van der Waals surface area contributed by atoms with E-state index < -0.39 is 6.09 Å². The lowest BCUT2D eigenvalue weighted by molar-refractivity contribution is -0.870. The van der Waals surface area contributed by atoms with Gasteiger partial charge in [0.2, 0.25) is 0 Å². The van der Waals surface area contributed by atoms with Crippen molar-refractivity contribution < 1.29 is 19.5 Å². The molecule has 1 amide bonds. The maximum atomic E-state index is 9.98. The second kappa shape index (κ2) is 11.4. The molecule has 5 nitrogen and oxygen atoms in total. The van der Waals surface area contributed by atoms with E-state index in [9.17, 15) is 9.90 Å². The number of carbonyl (C=O) groups excluding carboxylic acids is 1. The Kier molecular flexibility index (Phi) is 15.1. The summed E-state index contributed by atoms with van der Waals surface area (Å²) in [5, 5.41) is 18.4. The van der Waals surface area contributed by atoms with Gasteiger partial charge in [0.05, 0.1) is 27.7 Å². The van der Waals surface area contributed by atoms with Gasteiger partial charge in [-0.3, -0.25) is 0 Å². The molecule has 0 rings (SSSR count). The van der Waals surface area contributed by atoms with Crippen molar-refractivity contribution in [3.05, 3.63) is 0 Å². The Balaban J connectivity index is -0.000000200. The third-order valence-corrected chi connectivity index (χ3v) is 1.79. The fourth-order valence-corrected chi connectivity index (χ4v) is 0.782. The molecule has 0 spiro atoms. The molecular weight excluding hydrogens is 323 g/mol. The summed E-state index contributed by atoms with van der Waals surface area (Å²) in [5.41, 5.74) is 0. The van der Waals surface area contributed by atoms with Crippen molar-refractivity contribution in [1.82, 2.24) is 4.90 Å². The highest BCUT2D eigenvalue weighted by Gasteiger charge is 2.02. The van der Waals surface area contributed by atoms with Gasteiger partial charge in [0, 0.05) is 13.1 Å². The van der Waals surface area contributed by atoms with Gasteiger partial charge in [0.1, 0.15) is 12.6 Å². The summed E-state index contributed by atoms with van der Waals surface area (Å²) >= 11 is 0. The monoisotopic (exact) mass is 348 g/mol. The number of amides is 1. The zero-order chi connectivity index (χ0) is 12.5. The number of rotatable bonds is 4. The van der Waals surface area contributed by atoms with E-state index in [0.29, 0.717) is 13.1 Å². The molecule has 0 radical (unpaired) electrons. The second-order valence-corrected chi connectivity index (χ2v) is 4.18. The van der Waals surface area contributed by atoms with E-state index in [1.54, 1.807) is 13.8 Å². The number of aliphatic hydroxyl groups excluding tert-OH is 1. The molecule has 0 saturated heterocycles. The third kappa shape index (κ3) is 16.4. The van der Waals surface area contributed by atoms with Crippen LogP contribution in [0.3, 0.4) is 0 Å². The van der Waals surface area contributed by atoms with E-state index in [-0.39, 0.29) is 30.6 Å². The van der Waals surface area contributed by atoms with Crippen molar-refractivity contribution in [3.8, 4) is 0 Å². The summed E-state index contributed by atoms with van der Waals surface area (Å²) in [6, 6.07) is 0. The maximum absolute atomic E-state index is 9.98. The van der Waals surface area contributed by atoms with E-state index in [1.165, 1.54) is 4.90 Å². The molecule has 0 aromatic carbocycles. The van der Waals surface area contributed by atoms with E-state index in [2.05, 4.69) is 21.1 Å². The van der Waals surface area contributed by atoms with Crippen LogP contribution in [0.5, 0.6) is 0 Å². The van der Waals surface area contributed by atoms with Crippen LogP contribution < -0.4 is 5.11 Å². The van der Waals surface area contributed by atoms with Crippen LogP contribution in [0.4, 0.5) is 4.79 Å². The largest absolute Gasteiger partial charge is 0.530 e. The Morgan fingerprint density at radius 1 is 1.25 bits per heavy atom. The Morgan fingerprint density at radius 2 is 1.62 bits per heavy atom. The third-order valence-electron chi connectivity index (χ3n) is 1.79. The SMILES string of the molecule is CCN(CC)C(=O)[O-].C[N+](C)(C)CCO.I. The zero-order valence-corrected chi connectivity index (χ0v) is 13.2. The number of carboxylic acid groups (broad SMARTS) is 1. The molecule has 0 heterocycles. The van der Waals surface area contributed by atoms with Gasteiger partial charge in [-0.2, -0.15) is 0 Å². The van der Waals surface area contributed by atoms with Gasteiger partial charge < -0.3 is 24.4 Å². The topological polar surface area (TPSA) is 63.6 Å². The fraction of sp³-hybridized carbons (Fsp3) is 0.900. The lowest BCUT2D eigenvalue weighted by atomic mass is 10.5. The minimum atomic E-state index is -1.09. The van der Waals surface area contributed by atoms with Crippen LogP contribution in [0.15, 0.2) is 0 Å². The summed E-state index contributed by atoms with van der Waals surface area (Å²) in [6.45, 7) is 5.69. The molecule has 0 aliphatic rings. The predicted molar refractivity (Wildman–Crippen MR) is 73.7 cm³/mol. The summed E-state index contributed by atoms with van der Waals surface area (Å²) < 4.78 is 0.844. The van der Waals surface area contributed by atoms with Crippen molar-refractivity contribution in [2.24, 2.45) is 0 Å². The average Bonchev–Trinajstić information content (AvgIpc) is 2.04. The van der Waals surface area contributed by atoms with Gasteiger partial charge in [-0.1, -0.05) is 0 Å². The molecule has 0 aromatic heterocycles. The lowest BCUT2D eigenvalue weighted by Crippen LogP contribution is -2.40. The normalized spacial score (nSPS) is 9.62. The van der Waals surface area contributed by atoms with Crippen LogP contribution in [0.2, 0.25) is 0 Å². The van der Waals surface area contributed by atoms with E-state index in [1.807, 2.05) is 0 Å². The second-order valence-electron chi connectivity index (χ2n) is 4.18. The number of aliphatic hydroxyl groups is 1. The van der Waals surface area contributed by atoms with Gasteiger partial charge in [-0.25, -0.2) is 0 Å². The van der Waals surface area contributed by atoms with Crippen LogP contribution in [0, 0.1) is 0 Å². The average molecular weight is 348 g/mol. The summed E-state index contributed by atoms with van der Waals surface area (Å²) in [6.07, 6.45) is -1.09. The van der Waals surface area contributed by atoms with Crippen molar-refractivity contribution in [2.45, 2.75) is 13.8 Å². The molecule has 0 fully saturated rings. The van der Waals surface area contributed by atoms with Crippen LogP contribution >= 0.6 is 24.0 Å². The molecule has 1 N–H and O–H groups in total. The van der Waals surface area contributed by atoms with E-state index in [4.69, 9.17) is 5.11 Å². The van der Waals surface area contributed by atoms with Gasteiger partial charge in [0.15, 0.2) is 0 Å². The Morgan fingerprint density at radius 3 is 1.62 bits per heavy atom. The van der Waals surface area contributed by atoms with Crippen molar-refractivity contribution >= 4 is 30.1 Å². The summed E-state index contributed by atoms with van der Waals surface area (Å²) in [5.74, 6) is 0. The van der Waals surface area contributed by atoms with Gasteiger partial charge >= 0.3 is 0 Å².